The molecule has 8 heteroatoms. The summed E-state index contributed by atoms with van der Waals surface area (Å²) >= 11 is 0. The van der Waals surface area contributed by atoms with Gasteiger partial charge in [0, 0.05) is 23.6 Å². The monoisotopic (exact) mass is 341 g/mol. The van der Waals surface area contributed by atoms with Crippen LogP contribution in [-0.4, -0.2) is 15.4 Å². The molecule has 1 aromatic heterocycles. The van der Waals surface area contributed by atoms with E-state index in [4.69, 9.17) is 0 Å². The van der Waals surface area contributed by atoms with Gasteiger partial charge in [-0.15, -0.1) is 0 Å². The fraction of sp³-hybridized carbons (Fsp3) is 0.0588. The second-order valence-electron chi connectivity index (χ2n) is 5.29. The zero-order valence-electron chi connectivity index (χ0n) is 12.8. The van der Waals surface area contributed by atoms with Crippen molar-refractivity contribution < 1.29 is 14.1 Å². The Balaban J connectivity index is 1.94. The molecule has 0 atom stereocenters. The number of halogens is 1. The number of pyridine rings is 1. The van der Waals surface area contributed by atoms with E-state index < -0.39 is 22.2 Å². The maximum atomic E-state index is 13.6. The van der Waals surface area contributed by atoms with E-state index in [1.54, 1.807) is 6.07 Å². The number of amides is 1. The molecule has 1 N–H and O–H groups in total. The van der Waals surface area contributed by atoms with E-state index in [1.165, 1.54) is 53.1 Å². The molecule has 25 heavy (non-hydrogen) atoms. The van der Waals surface area contributed by atoms with E-state index in [0.717, 1.165) is 0 Å². The molecule has 3 aromatic rings. The number of nitrogens with one attached hydrogen (secondary N) is 1. The van der Waals surface area contributed by atoms with Crippen LogP contribution in [0.15, 0.2) is 59.4 Å². The number of para-hydroxylation sites is 1. The predicted octanol–water partition coefficient (Wildman–Crippen LogP) is 2.69. The first-order chi connectivity index (χ1) is 12.0. The molecule has 0 fully saturated rings. The van der Waals surface area contributed by atoms with Crippen LogP contribution in [0.3, 0.4) is 0 Å². The van der Waals surface area contributed by atoms with Crippen LogP contribution in [-0.2, 0) is 11.3 Å². The Labute approximate surface area is 140 Å². The normalized spacial score (nSPS) is 10.6. The summed E-state index contributed by atoms with van der Waals surface area (Å²) in [7, 11) is 0. The summed E-state index contributed by atoms with van der Waals surface area (Å²) in [6.07, 6.45) is 0. The number of nitro groups is 1. The Morgan fingerprint density at radius 1 is 1.16 bits per heavy atom. The van der Waals surface area contributed by atoms with Crippen LogP contribution < -0.4 is 10.9 Å². The summed E-state index contributed by atoms with van der Waals surface area (Å²) in [5.41, 5.74) is -0.170. The van der Waals surface area contributed by atoms with Gasteiger partial charge in [-0.2, -0.15) is 0 Å². The Morgan fingerprint density at radius 3 is 2.64 bits per heavy atom. The van der Waals surface area contributed by atoms with Gasteiger partial charge in [0.1, 0.15) is 12.4 Å². The van der Waals surface area contributed by atoms with Crippen molar-refractivity contribution in [3.8, 4) is 0 Å². The first-order valence-electron chi connectivity index (χ1n) is 7.28. The third kappa shape index (κ3) is 3.37. The number of carbonyl (C=O) groups is 1. The number of nitro benzene ring substituents is 1. The quantitative estimate of drug-likeness (QED) is 0.583. The van der Waals surface area contributed by atoms with Gasteiger partial charge in [-0.1, -0.05) is 12.1 Å². The molecule has 126 valence electrons. The van der Waals surface area contributed by atoms with E-state index in [9.17, 15) is 24.1 Å². The molecular formula is C17H12FN3O4. The van der Waals surface area contributed by atoms with Crippen molar-refractivity contribution >= 4 is 28.2 Å². The van der Waals surface area contributed by atoms with Gasteiger partial charge in [-0.3, -0.25) is 24.3 Å². The summed E-state index contributed by atoms with van der Waals surface area (Å²) in [5.74, 6) is -1.17. The molecule has 0 aliphatic rings. The first kappa shape index (κ1) is 16.3. The van der Waals surface area contributed by atoms with Crippen molar-refractivity contribution in [1.29, 1.82) is 0 Å². The minimum atomic E-state index is -0.586. The van der Waals surface area contributed by atoms with Crippen LogP contribution in [0.1, 0.15) is 0 Å². The molecule has 2 aromatic carbocycles. The molecule has 0 spiro atoms. The molecule has 1 amide bonds. The third-order valence-corrected chi connectivity index (χ3v) is 3.63. The Bertz CT molecular complexity index is 1050. The highest BCUT2D eigenvalue weighted by atomic mass is 19.1. The first-order valence-corrected chi connectivity index (χ1v) is 7.28. The molecule has 0 saturated heterocycles. The zero-order valence-corrected chi connectivity index (χ0v) is 12.8. The topological polar surface area (TPSA) is 94.2 Å². The minimum Gasteiger partial charge on any atom is -0.322 e. The van der Waals surface area contributed by atoms with Gasteiger partial charge in [0.15, 0.2) is 0 Å². The van der Waals surface area contributed by atoms with Crippen LogP contribution in [0.2, 0.25) is 0 Å². The van der Waals surface area contributed by atoms with Gasteiger partial charge >= 0.3 is 0 Å². The largest absolute Gasteiger partial charge is 0.322 e. The van der Waals surface area contributed by atoms with E-state index in [-0.39, 0.29) is 17.9 Å². The summed E-state index contributed by atoms with van der Waals surface area (Å²) < 4.78 is 14.8. The fourth-order valence-electron chi connectivity index (χ4n) is 2.46. The molecule has 0 bridgehead atoms. The van der Waals surface area contributed by atoms with Crippen molar-refractivity contribution in [3.63, 3.8) is 0 Å². The Kier molecular flexibility index (Phi) is 4.25. The van der Waals surface area contributed by atoms with Crippen molar-refractivity contribution in [2.45, 2.75) is 6.54 Å². The smallest absolute Gasteiger partial charge is 0.270 e. The van der Waals surface area contributed by atoms with Crippen molar-refractivity contribution in [1.82, 2.24) is 4.57 Å². The summed E-state index contributed by atoms with van der Waals surface area (Å²) in [6, 6.07) is 12.3. The van der Waals surface area contributed by atoms with Crippen LogP contribution in [0.5, 0.6) is 0 Å². The van der Waals surface area contributed by atoms with Crippen LogP contribution >= 0.6 is 0 Å². The highest BCUT2D eigenvalue weighted by Crippen LogP contribution is 2.20. The Morgan fingerprint density at radius 2 is 1.92 bits per heavy atom. The number of rotatable bonds is 4. The average molecular weight is 341 g/mol. The standard InChI is InChI=1S/C17H12FN3O4/c18-13-3-1-2-4-14(13)19-16(22)10-20-15-7-6-12(21(24)25)9-11(15)5-8-17(20)23/h1-9H,10H2,(H,19,22). The maximum absolute atomic E-state index is 13.6. The van der Waals surface area contributed by atoms with Gasteiger partial charge in [0.2, 0.25) is 5.91 Å². The van der Waals surface area contributed by atoms with Gasteiger partial charge < -0.3 is 5.32 Å². The van der Waals surface area contributed by atoms with E-state index in [1.807, 2.05) is 0 Å². The lowest BCUT2D eigenvalue weighted by Crippen LogP contribution is -2.27. The number of anilines is 1. The summed E-state index contributed by atoms with van der Waals surface area (Å²) in [5, 5.41) is 13.7. The number of fused-ring (bicyclic) bond motifs is 1. The average Bonchev–Trinajstić information content (AvgIpc) is 2.59. The second kappa shape index (κ2) is 6.52. The fourth-order valence-corrected chi connectivity index (χ4v) is 2.46. The second-order valence-corrected chi connectivity index (χ2v) is 5.29. The van der Waals surface area contributed by atoms with Gasteiger partial charge in [0.05, 0.1) is 16.1 Å². The molecule has 0 saturated carbocycles. The SMILES string of the molecule is O=C(Cn1c(=O)ccc2cc([N+](=O)[O-])ccc21)Nc1ccccc1F. The number of carbonyl (C=O) groups excluding carboxylic acids is 1. The van der Waals surface area contributed by atoms with Gasteiger partial charge in [0.25, 0.3) is 11.2 Å². The van der Waals surface area contributed by atoms with Crippen molar-refractivity contribution in [2.24, 2.45) is 0 Å². The van der Waals surface area contributed by atoms with Crippen LogP contribution in [0.4, 0.5) is 15.8 Å². The van der Waals surface area contributed by atoms with Crippen LogP contribution in [0, 0.1) is 15.9 Å². The minimum absolute atomic E-state index is 0.0106. The zero-order chi connectivity index (χ0) is 18.0. The molecule has 0 unspecified atom stereocenters. The number of benzene rings is 2. The van der Waals surface area contributed by atoms with Gasteiger partial charge in [-0.25, -0.2) is 4.39 Å². The number of hydrogen-bond acceptors (Lipinski definition) is 4. The lowest BCUT2D eigenvalue weighted by atomic mass is 10.2. The predicted molar refractivity (Wildman–Crippen MR) is 89.9 cm³/mol. The lowest BCUT2D eigenvalue weighted by Gasteiger charge is -2.11. The molecule has 0 radical (unpaired) electrons. The van der Waals surface area contributed by atoms with E-state index in [2.05, 4.69) is 5.32 Å². The highest BCUT2D eigenvalue weighted by Gasteiger charge is 2.13. The summed E-state index contributed by atoms with van der Waals surface area (Å²) in [4.78, 5) is 34.5. The molecule has 0 aliphatic carbocycles. The molecule has 1 heterocycles. The summed E-state index contributed by atoms with van der Waals surface area (Å²) in [6.45, 7) is -0.345. The lowest BCUT2D eigenvalue weighted by molar-refractivity contribution is -0.384. The molecular weight excluding hydrogens is 329 g/mol. The number of hydrogen-bond donors (Lipinski definition) is 1. The van der Waals surface area contributed by atoms with Crippen molar-refractivity contribution in [2.75, 3.05) is 5.32 Å². The molecule has 3 rings (SSSR count). The van der Waals surface area contributed by atoms with Gasteiger partial charge in [-0.05, 0) is 24.3 Å². The van der Waals surface area contributed by atoms with E-state index in [0.29, 0.717) is 10.9 Å². The van der Waals surface area contributed by atoms with Crippen LogP contribution in [0.25, 0.3) is 10.9 Å². The molecule has 0 aliphatic heterocycles. The highest BCUT2D eigenvalue weighted by molar-refractivity contribution is 5.92. The molecule has 7 nitrogen and oxygen atoms in total. The number of aromatic nitrogens is 1. The maximum Gasteiger partial charge on any atom is 0.270 e. The number of nitrogens with zero attached hydrogens (tertiary/aromatic N) is 2. The third-order valence-electron chi connectivity index (χ3n) is 3.63. The number of non-ortho nitro benzene ring substituents is 1. The van der Waals surface area contributed by atoms with E-state index >= 15 is 0 Å². The van der Waals surface area contributed by atoms with Crippen molar-refractivity contribution in [3.05, 3.63) is 80.9 Å². The Hall–Kier alpha value is -3.55.